The Morgan fingerprint density at radius 1 is 0.966 bits per heavy atom. The maximum absolute atomic E-state index is 13.3. The van der Waals surface area contributed by atoms with Crippen molar-refractivity contribution in [3.63, 3.8) is 0 Å². The lowest BCUT2D eigenvalue weighted by Gasteiger charge is -2.30. The van der Waals surface area contributed by atoms with Crippen LogP contribution >= 0.6 is 0 Å². The minimum absolute atomic E-state index is 0.0884. The van der Waals surface area contributed by atoms with E-state index < -0.39 is 0 Å². The SMILES string of the molecule is Cc1ccc(C(NC(=O)c2ccccc2N2CCOCC2)c2ccncc2)cc1. The largest absolute Gasteiger partial charge is 0.378 e. The van der Waals surface area contributed by atoms with Crippen LogP contribution in [0.2, 0.25) is 0 Å². The molecule has 3 aromatic rings. The minimum Gasteiger partial charge on any atom is -0.378 e. The van der Waals surface area contributed by atoms with Gasteiger partial charge >= 0.3 is 0 Å². The average molecular weight is 387 g/mol. The molecular formula is C24H25N3O2. The van der Waals surface area contributed by atoms with Crippen LogP contribution in [-0.4, -0.2) is 37.2 Å². The fourth-order valence-electron chi connectivity index (χ4n) is 3.63. The Bertz CT molecular complexity index is 951. The Kier molecular flexibility index (Phi) is 5.86. The second-order valence-electron chi connectivity index (χ2n) is 7.21. The van der Waals surface area contributed by atoms with Gasteiger partial charge in [0.1, 0.15) is 0 Å². The van der Waals surface area contributed by atoms with Crippen LogP contribution < -0.4 is 10.2 Å². The van der Waals surface area contributed by atoms with Gasteiger partial charge in [0, 0.05) is 31.2 Å². The Morgan fingerprint density at radius 3 is 2.34 bits per heavy atom. The molecule has 1 aromatic heterocycles. The zero-order valence-electron chi connectivity index (χ0n) is 16.5. The van der Waals surface area contributed by atoms with Gasteiger partial charge in [-0.15, -0.1) is 0 Å². The second-order valence-corrected chi connectivity index (χ2v) is 7.21. The lowest BCUT2D eigenvalue weighted by atomic mass is 9.98. The summed E-state index contributed by atoms with van der Waals surface area (Å²) in [5.74, 6) is -0.0884. The molecule has 29 heavy (non-hydrogen) atoms. The van der Waals surface area contributed by atoms with Crippen LogP contribution in [0.4, 0.5) is 5.69 Å². The van der Waals surface area contributed by atoms with E-state index in [1.54, 1.807) is 12.4 Å². The van der Waals surface area contributed by atoms with Gasteiger partial charge in [0.15, 0.2) is 0 Å². The van der Waals surface area contributed by atoms with Crippen LogP contribution in [-0.2, 0) is 4.74 Å². The van der Waals surface area contributed by atoms with Crippen molar-refractivity contribution in [3.05, 3.63) is 95.3 Å². The molecule has 0 bridgehead atoms. The number of anilines is 1. The highest BCUT2D eigenvalue weighted by Crippen LogP contribution is 2.26. The van der Waals surface area contributed by atoms with E-state index in [4.69, 9.17) is 4.74 Å². The molecule has 1 N–H and O–H groups in total. The van der Waals surface area contributed by atoms with Crippen LogP contribution in [0.3, 0.4) is 0 Å². The van der Waals surface area contributed by atoms with Crippen molar-refractivity contribution in [2.75, 3.05) is 31.2 Å². The molecule has 2 aromatic carbocycles. The number of para-hydroxylation sites is 1. The number of nitrogens with zero attached hydrogens (tertiary/aromatic N) is 2. The Balaban J connectivity index is 1.65. The maximum atomic E-state index is 13.3. The molecule has 148 valence electrons. The third-order valence-electron chi connectivity index (χ3n) is 5.23. The molecule has 1 atom stereocenters. The number of aromatic nitrogens is 1. The van der Waals surface area contributed by atoms with Crippen molar-refractivity contribution in [1.29, 1.82) is 0 Å². The van der Waals surface area contributed by atoms with E-state index in [1.807, 2.05) is 36.4 Å². The topological polar surface area (TPSA) is 54.5 Å². The van der Waals surface area contributed by atoms with Crippen LogP contribution in [0.15, 0.2) is 73.1 Å². The molecule has 1 fully saturated rings. The molecule has 5 nitrogen and oxygen atoms in total. The normalized spacial score (nSPS) is 15.0. The van der Waals surface area contributed by atoms with Gasteiger partial charge in [0.25, 0.3) is 5.91 Å². The first-order chi connectivity index (χ1) is 14.2. The molecule has 1 unspecified atom stereocenters. The highest BCUT2D eigenvalue weighted by Gasteiger charge is 2.22. The Hall–Kier alpha value is -3.18. The number of hydrogen-bond donors (Lipinski definition) is 1. The molecule has 5 heteroatoms. The fraction of sp³-hybridized carbons (Fsp3) is 0.250. The van der Waals surface area contributed by atoms with Gasteiger partial charge < -0.3 is 15.0 Å². The molecule has 1 aliphatic rings. The van der Waals surface area contributed by atoms with Gasteiger partial charge in [0.05, 0.1) is 24.8 Å². The third kappa shape index (κ3) is 4.46. The van der Waals surface area contributed by atoms with E-state index in [9.17, 15) is 4.79 Å². The van der Waals surface area contributed by atoms with Crippen LogP contribution in [0, 0.1) is 6.92 Å². The summed E-state index contributed by atoms with van der Waals surface area (Å²) in [5, 5.41) is 3.24. The summed E-state index contributed by atoms with van der Waals surface area (Å²) in [5.41, 5.74) is 4.86. The fourth-order valence-corrected chi connectivity index (χ4v) is 3.63. The Morgan fingerprint density at radius 2 is 1.62 bits per heavy atom. The smallest absolute Gasteiger partial charge is 0.254 e. The van der Waals surface area contributed by atoms with Crippen molar-refractivity contribution in [2.24, 2.45) is 0 Å². The van der Waals surface area contributed by atoms with E-state index in [0.717, 1.165) is 29.9 Å². The average Bonchev–Trinajstić information content (AvgIpc) is 2.79. The van der Waals surface area contributed by atoms with Crippen LogP contribution in [0.25, 0.3) is 0 Å². The standard InChI is InChI=1S/C24H25N3O2/c1-18-6-8-19(9-7-18)23(20-10-12-25-13-11-20)26-24(28)21-4-2-3-5-22(21)27-14-16-29-17-15-27/h2-13,23H,14-17H2,1H3,(H,26,28). The molecule has 2 heterocycles. The highest BCUT2D eigenvalue weighted by molar-refractivity contribution is 6.00. The second kappa shape index (κ2) is 8.88. The molecule has 1 amide bonds. The van der Waals surface area contributed by atoms with Gasteiger partial charge in [-0.3, -0.25) is 9.78 Å². The number of rotatable bonds is 5. The maximum Gasteiger partial charge on any atom is 0.254 e. The third-order valence-corrected chi connectivity index (χ3v) is 5.23. The molecule has 0 radical (unpaired) electrons. The zero-order valence-corrected chi connectivity index (χ0v) is 16.5. The molecule has 0 spiro atoms. The Labute approximate surface area is 171 Å². The number of pyridine rings is 1. The number of amides is 1. The minimum atomic E-state index is -0.246. The van der Waals surface area contributed by atoms with Crippen molar-refractivity contribution in [3.8, 4) is 0 Å². The number of carbonyl (C=O) groups excluding carboxylic acids is 1. The van der Waals surface area contributed by atoms with E-state index in [0.29, 0.717) is 18.8 Å². The van der Waals surface area contributed by atoms with Crippen molar-refractivity contribution >= 4 is 11.6 Å². The van der Waals surface area contributed by atoms with Crippen LogP contribution in [0.1, 0.15) is 33.1 Å². The number of carbonyl (C=O) groups is 1. The number of hydrogen-bond acceptors (Lipinski definition) is 4. The predicted octanol–water partition coefficient (Wildman–Crippen LogP) is 3.75. The number of nitrogens with one attached hydrogen (secondary N) is 1. The predicted molar refractivity (Wildman–Crippen MR) is 114 cm³/mol. The molecule has 1 saturated heterocycles. The molecule has 1 aliphatic heterocycles. The van der Waals surface area contributed by atoms with Crippen molar-refractivity contribution in [1.82, 2.24) is 10.3 Å². The van der Waals surface area contributed by atoms with Gasteiger partial charge in [0.2, 0.25) is 0 Å². The van der Waals surface area contributed by atoms with Crippen molar-refractivity contribution in [2.45, 2.75) is 13.0 Å². The summed E-state index contributed by atoms with van der Waals surface area (Å²) in [6, 6.07) is 19.7. The first-order valence-corrected chi connectivity index (χ1v) is 9.91. The van der Waals surface area contributed by atoms with Gasteiger partial charge in [-0.2, -0.15) is 0 Å². The molecule has 0 aliphatic carbocycles. The number of ether oxygens (including phenoxy) is 1. The van der Waals surface area contributed by atoms with E-state index in [1.165, 1.54) is 5.56 Å². The summed E-state index contributed by atoms with van der Waals surface area (Å²) < 4.78 is 5.46. The number of benzene rings is 2. The zero-order chi connectivity index (χ0) is 20.1. The van der Waals surface area contributed by atoms with Crippen molar-refractivity contribution < 1.29 is 9.53 Å². The molecular weight excluding hydrogens is 362 g/mol. The summed E-state index contributed by atoms with van der Waals surface area (Å²) in [4.78, 5) is 19.7. The number of morpholine rings is 1. The lowest BCUT2D eigenvalue weighted by molar-refractivity contribution is 0.0941. The van der Waals surface area contributed by atoms with E-state index >= 15 is 0 Å². The summed E-state index contributed by atoms with van der Waals surface area (Å²) in [7, 11) is 0. The molecule has 4 rings (SSSR count). The van der Waals surface area contributed by atoms with Crippen LogP contribution in [0.5, 0.6) is 0 Å². The highest BCUT2D eigenvalue weighted by atomic mass is 16.5. The van der Waals surface area contributed by atoms with E-state index in [-0.39, 0.29) is 11.9 Å². The first-order valence-electron chi connectivity index (χ1n) is 9.91. The quantitative estimate of drug-likeness (QED) is 0.725. The first kappa shape index (κ1) is 19.2. The lowest BCUT2D eigenvalue weighted by Crippen LogP contribution is -2.38. The summed E-state index contributed by atoms with van der Waals surface area (Å²) in [6.07, 6.45) is 3.51. The number of aryl methyl sites for hydroxylation is 1. The van der Waals surface area contributed by atoms with Gasteiger partial charge in [-0.1, -0.05) is 42.0 Å². The van der Waals surface area contributed by atoms with Gasteiger partial charge in [-0.25, -0.2) is 0 Å². The monoisotopic (exact) mass is 387 g/mol. The van der Waals surface area contributed by atoms with Gasteiger partial charge in [-0.05, 0) is 42.3 Å². The summed E-state index contributed by atoms with van der Waals surface area (Å²) >= 11 is 0. The molecule has 0 saturated carbocycles. The van der Waals surface area contributed by atoms with E-state index in [2.05, 4.69) is 46.4 Å². The summed E-state index contributed by atoms with van der Waals surface area (Å²) in [6.45, 7) is 4.99.